The van der Waals surface area contributed by atoms with Crippen molar-refractivity contribution in [3.8, 4) is 0 Å². The number of ether oxygens (including phenoxy) is 2. The van der Waals surface area contributed by atoms with E-state index in [1.54, 1.807) is 48.5 Å². The number of rotatable bonds is 7. The second-order valence-electron chi connectivity index (χ2n) is 6.81. The van der Waals surface area contributed by atoms with Gasteiger partial charge in [-0.05, 0) is 36.8 Å². The Hall–Kier alpha value is -3.40. The van der Waals surface area contributed by atoms with Crippen LogP contribution in [0.25, 0.3) is 0 Å². The highest BCUT2D eigenvalue weighted by molar-refractivity contribution is 5.90. The van der Waals surface area contributed by atoms with Crippen LogP contribution in [0.1, 0.15) is 33.2 Å². The molecule has 0 heterocycles. The van der Waals surface area contributed by atoms with Gasteiger partial charge in [-0.15, -0.1) is 0 Å². The fourth-order valence-corrected chi connectivity index (χ4v) is 2.81. The predicted octanol–water partition coefficient (Wildman–Crippen LogP) is 4.66. The van der Waals surface area contributed by atoms with E-state index in [2.05, 4.69) is 0 Å². The molecule has 0 saturated carbocycles. The molecule has 3 rings (SSSR count). The second kappa shape index (κ2) is 9.00. The average Bonchev–Trinajstić information content (AvgIpc) is 2.77. The Morgan fingerprint density at radius 2 is 1.00 bits per heavy atom. The van der Waals surface area contributed by atoms with Gasteiger partial charge in [0.1, 0.15) is 13.2 Å². The number of benzene rings is 3. The summed E-state index contributed by atoms with van der Waals surface area (Å²) in [5, 5.41) is 0. The van der Waals surface area contributed by atoms with Crippen LogP contribution >= 0.6 is 0 Å². The highest BCUT2D eigenvalue weighted by Crippen LogP contribution is 2.26. The van der Waals surface area contributed by atoms with Gasteiger partial charge in [-0.25, -0.2) is 9.59 Å². The predicted molar refractivity (Wildman–Crippen MR) is 107 cm³/mol. The van der Waals surface area contributed by atoms with Gasteiger partial charge in [0.15, 0.2) is 0 Å². The van der Waals surface area contributed by atoms with E-state index >= 15 is 0 Å². The molecule has 0 aliphatic carbocycles. The van der Waals surface area contributed by atoms with E-state index in [0.717, 1.165) is 5.56 Å². The average molecular weight is 374 g/mol. The maximum atomic E-state index is 12.4. The van der Waals surface area contributed by atoms with Crippen molar-refractivity contribution in [3.05, 3.63) is 108 Å². The molecule has 4 nitrogen and oxygen atoms in total. The highest BCUT2D eigenvalue weighted by Gasteiger charge is 2.31. The third-order valence-corrected chi connectivity index (χ3v) is 4.53. The molecule has 0 unspecified atom stereocenters. The molecule has 0 bridgehead atoms. The lowest BCUT2D eigenvalue weighted by Crippen LogP contribution is -2.36. The molecule has 0 aromatic heterocycles. The summed E-state index contributed by atoms with van der Waals surface area (Å²) >= 11 is 0. The van der Waals surface area contributed by atoms with Gasteiger partial charge in [0.05, 0.1) is 16.5 Å². The Kier molecular flexibility index (Phi) is 6.22. The summed E-state index contributed by atoms with van der Waals surface area (Å²) in [7, 11) is 0. The lowest BCUT2D eigenvalue weighted by molar-refractivity contribution is 0.0205. The Morgan fingerprint density at radius 3 is 1.39 bits per heavy atom. The van der Waals surface area contributed by atoms with Crippen molar-refractivity contribution in [2.45, 2.75) is 12.3 Å². The smallest absolute Gasteiger partial charge is 0.338 e. The van der Waals surface area contributed by atoms with E-state index in [1.165, 1.54) is 0 Å². The molecule has 0 fully saturated rings. The molecule has 4 heteroatoms. The van der Waals surface area contributed by atoms with E-state index in [4.69, 9.17) is 9.47 Å². The zero-order valence-electron chi connectivity index (χ0n) is 15.7. The van der Waals surface area contributed by atoms with Crippen LogP contribution < -0.4 is 0 Å². The third-order valence-electron chi connectivity index (χ3n) is 4.53. The Bertz CT molecular complexity index is 850. The van der Waals surface area contributed by atoms with Crippen LogP contribution in [0.4, 0.5) is 0 Å². The third kappa shape index (κ3) is 4.86. The van der Waals surface area contributed by atoms with Crippen molar-refractivity contribution < 1.29 is 19.1 Å². The highest BCUT2D eigenvalue weighted by atomic mass is 16.5. The van der Waals surface area contributed by atoms with Gasteiger partial charge in [-0.3, -0.25) is 0 Å². The molecule has 0 N–H and O–H groups in total. The quantitative estimate of drug-likeness (QED) is 0.565. The molecule has 3 aromatic rings. The Morgan fingerprint density at radius 1 is 0.643 bits per heavy atom. The fraction of sp³-hybridized carbons (Fsp3) is 0.167. The molecule has 0 aliphatic heterocycles. The molecule has 28 heavy (non-hydrogen) atoms. The van der Waals surface area contributed by atoms with Crippen molar-refractivity contribution in [3.63, 3.8) is 0 Å². The molecule has 3 aromatic carbocycles. The van der Waals surface area contributed by atoms with Gasteiger partial charge >= 0.3 is 11.9 Å². The number of esters is 2. The molecule has 0 spiro atoms. The van der Waals surface area contributed by atoms with Crippen LogP contribution in [0.2, 0.25) is 0 Å². The van der Waals surface area contributed by atoms with Crippen LogP contribution in [0.15, 0.2) is 91.0 Å². The first-order valence-electron chi connectivity index (χ1n) is 9.08. The minimum absolute atomic E-state index is 0.0901. The molecular formula is C24H22O4. The van der Waals surface area contributed by atoms with Crippen LogP contribution in [-0.4, -0.2) is 25.2 Å². The Balaban J connectivity index is 1.72. The zero-order valence-corrected chi connectivity index (χ0v) is 15.7. The minimum Gasteiger partial charge on any atom is -0.461 e. The topological polar surface area (TPSA) is 52.6 Å². The number of hydrogen-bond acceptors (Lipinski definition) is 4. The van der Waals surface area contributed by atoms with Crippen molar-refractivity contribution >= 4 is 11.9 Å². The first-order valence-corrected chi connectivity index (χ1v) is 9.08. The van der Waals surface area contributed by atoms with E-state index in [1.807, 2.05) is 49.4 Å². The van der Waals surface area contributed by atoms with Gasteiger partial charge in [0.25, 0.3) is 0 Å². The maximum absolute atomic E-state index is 12.4. The van der Waals surface area contributed by atoms with Crippen LogP contribution in [0, 0.1) is 0 Å². The first-order chi connectivity index (χ1) is 13.6. The van der Waals surface area contributed by atoms with E-state index in [-0.39, 0.29) is 13.2 Å². The second-order valence-corrected chi connectivity index (χ2v) is 6.81. The van der Waals surface area contributed by atoms with Gasteiger partial charge < -0.3 is 9.47 Å². The van der Waals surface area contributed by atoms with Crippen LogP contribution in [0.5, 0.6) is 0 Å². The Labute approximate surface area is 164 Å². The van der Waals surface area contributed by atoms with Gasteiger partial charge in [-0.2, -0.15) is 0 Å². The number of hydrogen-bond donors (Lipinski definition) is 0. The summed E-state index contributed by atoms with van der Waals surface area (Å²) in [4.78, 5) is 24.7. The van der Waals surface area contributed by atoms with Crippen molar-refractivity contribution in [1.82, 2.24) is 0 Å². The molecule has 0 amide bonds. The number of carbonyl (C=O) groups excluding carboxylic acids is 2. The molecule has 0 radical (unpaired) electrons. The lowest BCUT2D eigenvalue weighted by atomic mass is 9.84. The van der Waals surface area contributed by atoms with Crippen molar-refractivity contribution in [2.24, 2.45) is 0 Å². The van der Waals surface area contributed by atoms with E-state index in [9.17, 15) is 9.59 Å². The summed E-state index contributed by atoms with van der Waals surface area (Å²) in [6, 6.07) is 27.3. The largest absolute Gasteiger partial charge is 0.461 e. The molecule has 0 saturated heterocycles. The van der Waals surface area contributed by atoms with Crippen molar-refractivity contribution in [1.29, 1.82) is 0 Å². The number of carbonyl (C=O) groups is 2. The summed E-state index contributed by atoms with van der Waals surface area (Å²) in [6.45, 7) is 2.10. The summed E-state index contributed by atoms with van der Waals surface area (Å²) in [5.74, 6) is -0.811. The van der Waals surface area contributed by atoms with Gasteiger partial charge in [0.2, 0.25) is 0 Å². The molecule has 0 aliphatic rings. The monoisotopic (exact) mass is 374 g/mol. The van der Waals surface area contributed by atoms with Crippen LogP contribution in [0.3, 0.4) is 0 Å². The van der Waals surface area contributed by atoms with Gasteiger partial charge in [-0.1, -0.05) is 66.7 Å². The van der Waals surface area contributed by atoms with E-state index in [0.29, 0.717) is 11.1 Å². The normalized spacial score (nSPS) is 10.9. The van der Waals surface area contributed by atoms with E-state index < -0.39 is 17.4 Å². The molecule has 0 atom stereocenters. The molecule has 142 valence electrons. The fourth-order valence-electron chi connectivity index (χ4n) is 2.81. The van der Waals surface area contributed by atoms with Crippen LogP contribution in [-0.2, 0) is 14.9 Å². The summed E-state index contributed by atoms with van der Waals surface area (Å²) in [6.07, 6.45) is 0. The maximum Gasteiger partial charge on any atom is 0.338 e. The lowest BCUT2D eigenvalue weighted by Gasteiger charge is -2.29. The summed E-state index contributed by atoms with van der Waals surface area (Å²) in [5.41, 5.74) is 1.23. The standard InChI is InChI=1S/C24H22O4/c1-24(21-15-9-4-10-16-21,17-27-22(25)19-11-5-2-6-12-19)18-28-23(26)20-13-7-3-8-14-20/h2-16H,17-18H2,1H3. The van der Waals surface area contributed by atoms with Gasteiger partial charge in [0, 0.05) is 0 Å². The molecular weight excluding hydrogens is 352 g/mol. The van der Waals surface area contributed by atoms with Crippen molar-refractivity contribution in [2.75, 3.05) is 13.2 Å². The summed E-state index contributed by atoms with van der Waals surface area (Å²) < 4.78 is 11.1. The zero-order chi connectivity index (χ0) is 19.8. The SMILES string of the molecule is CC(COC(=O)c1ccccc1)(COC(=O)c1ccccc1)c1ccccc1. The minimum atomic E-state index is -0.670. The first kappa shape index (κ1) is 19.4.